The number of phenolic OH excluding ortho intramolecular Hbond substituents is 1. The van der Waals surface area contributed by atoms with Crippen LogP contribution in [-0.4, -0.2) is 11.1 Å². The van der Waals surface area contributed by atoms with E-state index in [9.17, 15) is 9.90 Å². The average Bonchev–Trinajstić information content (AvgIpc) is 2.90. The van der Waals surface area contributed by atoms with Gasteiger partial charge in [-0.25, -0.2) is 4.79 Å². The number of hydrogen-bond acceptors (Lipinski definition) is 3. The largest absolute Gasteiger partial charge is 0.507 e. The van der Waals surface area contributed by atoms with E-state index in [1.54, 1.807) is 0 Å². The Bertz CT molecular complexity index is 1170. The Morgan fingerprint density at radius 3 is 1.82 bits per heavy atom. The second-order valence-electron chi connectivity index (χ2n) is 13.4. The van der Waals surface area contributed by atoms with Crippen molar-refractivity contribution in [1.29, 1.82) is 0 Å². The molecule has 2 rings (SSSR count). The molecule has 2 aromatic carbocycles. The predicted molar refractivity (Wildman–Crippen MR) is 166 cm³/mol. The predicted octanol–water partition coefficient (Wildman–Crippen LogP) is 9.73. The van der Waals surface area contributed by atoms with Crippen molar-refractivity contribution in [3.8, 4) is 11.5 Å². The number of benzene rings is 2. The Balaban J connectivity index is 2.93. The van der Waals surface area contributed by atoms with Gasteiger partial charge < -0.3 is 9.84 Å². The summed E-state index contributed by atoms with van der Waals surface area (Å²) in [6, 6.07) is 8.79. The van der Waals surface area contributed by atoms with Crippen LogP contribution in [0.5, 0.6) is 11.5 Å². The average molecular weight is 535 g/mol. The lowest BCUT2D eigenvalue weighted by molar-refractivity contribution is -0.129. The third-order valence-electron chi connectivity index (χ3n) is 9.39. The summed E-state index contributed by atoms with van der Waals surface area (Å²) < 4.78 is 6.02. The number of hydrogen-bond donors (Lipinski definition) is 1. The summed E-state index contributed by atoms with van der Waals surface area (Å²) in [5, 5.41) is 11.6. The third kappa shape index (κ3) is 7.56. The van der Waals surface area contributed by atoms with E-state index in [2.05, 4.69) is 107 Å². The Labute approximate surface area is 239 Å². The number of rotatable bonds is 13. The molecule has 3 nitrogen and oxygen atoms in total. The lowest BCUT2D eigenvalue weighted by Crippen LogP contribution is -2.23. The lowest BCUT2D eigenvalue weighted by atomic mass is 9.74. The fourth-order valence-corrected chi connectivity index (χ4v) is 4.74. The zero-order chi connectivity index (χ0) is 29.8. The Morgan fingerprint density at radius 1 is 0.846 bits per heavy atom. The molecule has 0 heterocycles. The van der Waals surface area contributed by atoms with Crippen molar-refractivity contribution in [2.24, 2.45) is 5.92 Å². The van der Waals surface area contributed by atoms with Crippen LogP contribution in [0.2, 0.25) is 0 Å². The summed E-state index contributed by atoms with van der Waals surface area (Å²) in [7, 11) is 0. The second kappa shape index (κ2) is 12.7. The standard InChI is InChI=1S/C36H54O3/c1-13-24(6)18-25-20-28(34(7,8)15-3)21-26(32(25)38)19-27-22-29(35(9,10)16-4)23-30(36(11,12)17-5)33(27)39-31(37)14-2/h14,20-24,38H,2,13,15-19H2,1,3-12H3. The minimum Gasteiger partial charge on any atom is -0.507 e. The normalized spacial score (nSPS) is 13.3. The molecule has 3 heteroatoms. The number of ether oxygens (including phenoxy) is 1. The van der Waals surface area contributed by atoms with Crippen LogP contribution >= 0.6 is 0 Å². The minimum absolute atomic E-state index is 0.0216. The number of esters is 1. The molecule has 1 N–H and O–H groups in total. The van der Waals surface area contributed by atoms with E-state index < -0.39 is 5.97 Å². The van der Waals surface area contributed by atoms with Crippen molar-refractivity contribution in [3.05, 3.63) is 70.3 Å². The first-order chi connectivity index (χ1) is 18.1. The number of phenols is 1. The van der Waals surface area contributed by atoms with Crippen molar-refractivity contribution in [2.75, 3.05) is 0 Å². The molecule has 0 saturated heterocycles. The van der Waals surface area contributed by atoms with Gasteiger partial charge in [0.2, 0.25) is 0 Å². The summed E-state index contributed by atoms with van der Waals surface area (Å²) in [5.74, 6) is 0.974. The van der Waals surface area contributed by atoms with Crippen LogP contribution in [0.4, 0.5) is 0 Å². The van der Waals surface area contributed by atoms with Crippen LogP contribution in [0.3, 0.4) is 0 Å². The molecule has 0 aliphatic carbocycles. The lowest BCUT2D eigenvalue weighted by Gasteiger charge is -2.32. The molecule has 0 aliphatic rings. The first-order valence-corrected chi connectivity index (χ1v) is 14.9. The summed E-state index contributed by atoms with van der Waals surface area (Å²) in [6.45, 7) is 28.1. The zero-order valence-corrected chi connectivity index (χ0v) is 26.7. The van der Waals surface area contributed by atoms with Crippen LogP contribution in [-0.2, 0) is 33.9 Å². The molecular formula is C36H54O3. The smallest absolute Gasteiger partial charge is 0.335 e. The number of carbonyl (C=O) groups excluding carboxylic acids is 1. The maximum Gasteiger partial charge on any atom is 0.335 e. The summed E-state index contributed by atoms with van der Waals surface area (Å²) >= 11 is 0. The maximum atomic E-state index is 12.6. The maximum absolute atomic E-state index is 12.6. The van der Waals surface area contributed by atoms with Crippen LogP contribution in [0.25, 0.3) is 0 Å². The molecule has 39 heavy (non-hydrogen) atoms. The fraction of sp³-hybridized carbons (Fsp3) is 0.583. The zero-order valence-electron chi connectivity index (χ0n) is 26.7. The number of carbonyl (C=O) groups is 1. The van der Waals surface area contributed by atoms with Gasteiger partial charge in [-0.3, -0.25) is 0 Å². The van der Waals surface area contributed by atoms with Crippen molar-refractivity contribution in [2.45, 2.75) is 131 Å². The molecule has 1 unspecified atom stereocenters. The first-order valence-electron chi connectivity index (χ1n) is 14.9. The van der Waals surface area contributed by atoms with Crippen molar-refractivity contribution < 1.29 is 14.6 Å². The van der Waals surface area contributed by atoms with Gasteiger partial charge in [-0.05, 0) is 70.1 Å². The van der Waals surface area contributed by atoms with E-state index in [4.69, 9.17) is 4.74 Å². The second-order valence-corrected chi connectivity index (χ2v) is 13.4. The topological polar surface area (TPSA) is 46.5 Å². The van der Waals surface area contributed by atoms with Gasteiger partial charge in [-0.2, -0.15) is 0 Å². The van der Waals surface area contributed by atoms with Crippen molar-refractivity contribution in [1.82, 2.24) is 0 Å². The molecule has 0 saturated carbocycles. The van der Waals surface area contributed by atoms with Gasteiger partial charge in [0.1, 0.15) is 11.5 Å². The van der Waals surface area contributed by atoms with Gasteiger partial charge in [0.05, 0.1) is 0 Å². The molecule has 0 fully saturated rings. The van der Waals surface area contributed by atoms with Gasteiger partial charge in [0.25, 0.3) is 0 Å². The van der Waals surface area contributed by atoms with Gasteiger partial charge in [-0.15, -0.1) is 0 Å². The fourth-order valence-electron chi connectivity index (χ4n) is 4.74. The van der Waals surface area contributed by atoms with E-state index in [1.807, 2.05) is 0 Å². The van der Waals surface area contributed by atoms with E-state index >= 15 is 0 Å². The quantitative estimate of drug-likeness (QED) is 0.158. The molecule has 216 valence electrons. The third-order valence-corrected chi connectivity index (χ3v) is 9.39. The molecule has 2 aromatic rings. The molecule has 0 spiro atoms. The molecule has 1 atom stereocenters. The minimum atomic E-state index is -0.463. The highest BCUT2D eigenvalue weighted by Gasteiger charge is 2.31. The van der Waals surface area contributed by atoms with E-state index in [1.165, 1.54) is 17.2 Å². The summed E-state index contributed by atoms with van der Waals surface area (Å²) in [5.41, 5.74) is 6.02. The van der Waals surface area contributed by atoms with E-state index in [-0.39, 0.29) is 16.2 Å². The van der Waals surface area contributed by atoms with Gasteiger partial charge >= 0.3 is 5.97 Å². The Morgan fingerprint density at radius 2 is 1.33 bits per heavy atom. The molecule has 0 amide bonds. The highest BCUT2D eigenvalue weighted by molar-refractivity contribution is 5.84. The summed E-state index contributed by atoms with van der Waals surface area (Å²) in [4.78, 5) is 12.6. The molecule has 0 radical (unpaired) electrons. The van der Waals surface area contributed by atoms with Gasteiger partial charge in [-0.1, -0.05) is 113 Å². The Kier molecular flexibility index (Phi) is 10.7. The van der Waals surface area contributed by atoms with Crippen molar-refractivity contribution in [3.63, 3.8) is 0 Å². The molecule has 0 aromatic heterocycles. The van der Waals surface area contributed by atoms with Crippen LogP contribution < -0.4 is 4.74 Å². The SMILES string of the molecule is C=CC(=O)Oc1c(Cc2cc(C(C)(C)CC)cc(CC(C)CC)c2O)cc(C(C)(C)CC)cc1C(C)(C)CC. The highest BCUT2D eigenvalue weighted by atomic mass is 16.5. The molecule has 0 bridgehead atoms. The van der Waals surface area contributed by atoms with Crippen LogP contribution in [0.1, 0.15) is 135 Å². The molecule has 0 aliphatic heterocycles. The summed E-state index contributed by atoms with van der Waals surface area (Å²) in [6.07, 6.45) is 6.47. The molecular weight excluding hydrogens is 480 g/mol. The first kappa shape index (κ1) is 32.7. The van der Waals surface area contributed by atoms with Crippen LogP contribution in [0, 0.1) is 5.92 Å². The van der Waals surface area contributed by atoms with Gasteiger partial charge in [0.15, 0.2) is 0 Å². The van der Waals surface area contributed by atoms with Gasteiger partial charge in [0, 0.05) is 23.6 Å². The van der Waals surface area contributed by atoms with E-state index in [0.29, 0.717) is 23.8 Å². The highest BCUT2D eigenvalue weighted by Crippen LogP contribution is 2.43. The number of aromatic hydroxyl groups is 1. The van der Waals surface area contributed by atoms with Crippen molar-refractivity contribution >= 4 is 5.97 Å². The van der Waals surface area contributed by atoms with E-state index in [0.717, 1.165) is 54.4 Å². The van der Waals surface area contributed by atoms with Crippen LogP contribution in [0.15, 0.2) is 36.9 Å². The monoisotopic (exact) mass is 534 g/mol. The Hall–Kier alpha value is -2.55.